The van der Waals surface area contributed by atoms with Gasteiger partial charge in [0.1, 0.15) is 0 Å². The molecule has 1 aliphatic carbocycles. The fraction of sp³-hybridized carbons (Fsp3) is 0.300. The van der Waals surface area contributed by atoms with Crippen molar-refractivity contribution in [3.63, 3.8) is 0 Å². The lowest BCUT2D eigenvalue weighted by Gasteiger charge is -2.12. The number of aromatic nitrogens is 1. The largest absolute Gasteiger partial charge is 0.481 e. The van der Waals surface area contributed by atoms with Gasteiger partial charge >= 0.3 is 0 Å². The molecule has 1 aromatic heterocycles. The number of ether oxygens (including phenoxy) is 1. The molecule has 1 heterocycles. The average molecular weight is 161 g/mol. The van der Waals surface area contributed by atoms with E-state index in [0.717, 1.165) is 18.7 Å². The van der Waals surface area contributed by atoms with E-state index in [2.05, 4.69) is 17.1 Å². The molecule has 0 unspecified atom stereocenters. The zero-order chi connectivity index (χ0) is 8.39. The fourth-order valence-corrected chi connectivity index (χ4v) is 1.51. The Bertz CT molecular complexity index is 318. The SMILES string of the molecule is COc1nccc2c1CCC=C2. The summed E-state index contributed by atoms with van der Waals surface area (Å²) in [4.78, 5) is 4.15. The van der Waals surface area contributed by atoms with Crippen LogP contribution >= 0.6 is 0 Å². The number of pyridine rings is 1. The summed E-state index contributed by atoms with van der Waals surface area (Å²) in [6.07, 6.45) is 8.23. The van der Waals surface area contributed by atoms with Crippen molar-refractivity contribution >= 4 is 6.08 Å². The van der Waals surface area contributed by atoms with Gasteiger partial charge in [0.25, 0.3) is 0 Å². The van der Waals surface area contributed by atoms with Crippen LogP contribution in [-0.4, -0.2) is 12.1 Å². The summed E-state index contributed by atoms with van der Waals surface area (Å²) in [5, 5.41) is 0. The Morgan fingerprint density at radius 3 is 3.25 bits per heavy atom. The van der Waals surface area contributed by atoms with Gasteiger partial charge in [-0.1, -0.05) is 12.2 Å². The van der Waals surface area contributed by atoms with Crippen LogP contribution < -0.4 is 4.74 Å². The summed E-state index contributed by atoms with van der Waals surface area (Å²) in [5.41, 5.74) is 2.48. The van der Waals surface area contributed by atoms with Crippen LogP contribution in [0.1, 0.15) is 17.5 Å². The van der Waals surface area contributed by atoms with Crippen molar-refractivity contribution in [1.82, 2.24) is 4.98 Å². The van der Waals surface area contributed by atoms with Crippen LogP contribution in [0.15, 0.2) is 18.3 Å². The molecule has 0 aromatic carbocycles. The third-order valence-electron chi connectivity index (χ3n) is 2.10. The highest BCUT2D eigenvalue weighted by Gasteiger charge is 2.09. The van der Waals surface area contributed by atoms with Gasteiger partial charge in [-0.25, -0.2) is 4.98 Å². The number of hydrogen-bond donors (Lipinski definition) is 0. The Hall–Kier alpha value is -1.31. The molecule has 0 fully saturated rings. The Labute approximate surface area is 71.9 Å². The van der Waals surface area contributed by atoms with Gasteiger partial charge in [0, 0.05) is 11.8 Å². The van der Waals surface area contributed by atoms with Gasteiger partial charge in [-0.3, -0.25) is 0 Å². The van der Waals surface area contributed by atoms with E-state index >= 15 is 0 Å². The molecule has 1 aliphatic rings. The Kier molecular flexibility index (Phi) is 1.82. The van der Waals surface area contributed by atoms with E-state index in [1.807, 2.05) is 6.07 Å². The molecule has 0 saturated heterocycles. The molecule has 12 heavy (non-hydrogen) atoms. The van der Waals surface area contributed by atoms with Gasteiger partial charge in [-0.15, -0.1) is 0 Å². The maximum absolute atomic E-state index is 5.17. The second kappa shape index (κ2) is 2.97. The van der Waals surface area contributed by atoms with Gasteiger partial charge < -0.3 is 4.74 Å². The van der Waals surface area contributed by atoms with Crippen molar-refractivity contribution in [3.8, 4) is 5.88 Å². The highest BCUT2D eigenvalue weighted by Crippen LogP contribution is 2.25. The highest BCUT2D eigenvalue weighted by atomic mass is 16.5. The maximum Gasteiger partial charge on any atom is 0.216 e. The first kappa shape index (κ1) is 7.35. The summed E-state index contributed by atoms with van der Waals surface area (Å²) < 4.78 is 5.17. The van der Waals surface area contributed by atoms with Crippen molar-refractivity contribution in [3.05, 3.63) is 29.5 Å². The average Bonchev–Trinajstić information content (AvgIpc) is 2.17. The molecule has 0 saturated carbocycles. The van der Waals surface area contributed by atoms with Crippen LogP contribution in [0.4, 0.5) is 0 Å². The molecular weight excluding hydrogens is 150 g/mol. The first-order valence-electron chi connectivity index (χ1n) is 4.10. The van der Waals surface area contributed by atoms with Crippen LogP contribution in [0.2, 0.25) is 0 Å². The van der Waals surface area contributed by atoms with Gasteiger partial charge in [0.15, 0.2) is 0 Å². The second-order valence-corrected chi connectivity index (χ2v) is 2.83. The normalized spacial score (nSPS) is 14.1. The third kappa shape index (κ3) is 1.09. The predicted octanol–water partition coefficient (Wildman–Crippen LogP) is 2.05. The smallest absolute Gasteiger partial charge is 0.216 e. The van der Waals surface area contributed by atoms with Crippen LogP contribution in [-0.2, 0) is 6.42 Å². The molecular formula is C10H11NO. The molecule has 0 aliphatic heterocycles. The quantitative estimate of drug-likeness (QED) is 0.629. The third-order valence-corrected chi connectivity index (χ3v) is 2.10. The summed E-state index contributed by atoms with van der Waals surface area (Å²) in [7, 11) is 1.67. The number of fused-ring (bicyclic) bond motifs is 1. The van der Waals surface area contributed by atoms with Crippen LogP contribution in [0.5, 0.6) is 5.88 Å². The van der Waals surface area contributed by atoms with Crippen molar-refractivity contribution < 1.29 is 4.74 Å². The summed E-state index contributed by atoms with van der Waals surface area (Å²) in [5.74, 6) is 0.775. The van der Waals surface area contributed by atoms with E-state index in [9.17, 15) is 0 Å². The van der Waals surface area contributed by atoms with E-state index in [-0.39, 0.29) is 0 Å². The monoisotopic (exact) mass is 161 g/mol. The molecule has 0 atom stereocenters. The summed E-state index contributed by atoms with van der Waals surface area (Å²) in [6.45, 7) is 0. The predicted molar refractivity (Wildman–Crippen MR) is 48.1 cm³/mol. The zero-order valence-corrected chi connectivity index (χ0v) is 7.08. The Balaban J connectivity index is 2.53. The standard InChI is InChI=1S/C10H11NO/c1-12-10-9-5-3-2-4-8(9)6-7-11-10/h2,4,6-7H,3,5H2,1H3. The molecule has 0 radical (unpaired) electrons. The highest BCUT2D eigenvalue weighted by molar-refractivity contribution is 5.58. The van der Waals surface area contributed by atoms with Gasteiger partial charge in [0.05, 0.1) is 7.11 Å². The van der Waals surface area contributed by atoms with E-state index < -0.39 is 0 Å². The molecule has 0 bridgehead atoms. The first-order chi connectivity index (χ1) is 5.92. The van der Waals surface area contributed by atoms with E-state index in [1.54, 1.807) is 13.3 Å². The number of rotatable bonds is 1. The second-order valence-electron chi connectivity index (χ2n) is 2.83. The van der Waals surface area contributed by atoms with E-state index in [1.165, 1.54) is 11.1 Å². The minimum Gasteiger partial charge on any atom is -0.481 e. The van der Waals surface area contributed by atoms with Crippen LogP contribution in [0.3, 0.4) is 0 Å². The van der Waals surface area contributed by atoms with Crippen molar-refractivity contribution in [2.24, 2.45) is 0 Å². The number of nitrogens with zero attached hydrogens (tertiary/aromatic N) is 1. The van der Waals surface area contributed by atoms with Crippen molar-refractivity contribution in [2.45, 2.75) is 12.8 Å². The fourth-order valence-electron chi connectivity index (χ4n) is 1.51. The minimum atomic E-state index is 0.775. The first-order valence-corrected chi connectivity index (χ1v) is 4.10. The Morgan fingerprint density at radius 2 is 2.42 bits per heavy atom. The molecule has 0 spiro atoms. The lowest BCUT2D eigenvalue weighted by Crippen LogP contribution is -1.99. The number of hydrogen-bond acceptors (Lipinski definition) is 2. The molecule has 0 N–H and O–H groups in total. The van der Waals surface area contributed by atoms with Crippen molar-refractivity contribution in [1.29, 1.82) is 0 Å². The topological polar surface area (TPSA) is 22.1 Å². The summed E-state index contributed by atoms with van der Waals surface area (Å²) >= 11 is 0. The van der Waals surface area contributed by atoms with E-state index in [4.69, 9.17) is 4.74 Å². The van der Waals surface area contributed by atoms with Crippen molar-refractivity contribution in [2.75, 3.05) is 7.11 Å². The maximum atomic E-state index is 5.17. The molecule has 2 heteroatoms. The van der Waals surface area contributed by atoms with Gasteiger partial charge in [-0.2, -0.15) is 0 Å². The molecule has 1 aromatic rings. The molecule has 0 amide bonds. The number of allylic oxidation sites excluding steroid dienone is 1. The Morgan fingerprint density at radius 1 is 1.50 bits per heavy atom. The van der Waals surface area contributed by atoms with Crippen LogP contribution in [0.25, 0.3) is 6.08 Å². The summed E-state index contributed by atoms with van der Waals surface area (Å²) in [6, 6.07) is 2.02. The van der Waals surface area contributed by atoms with Gasteiger partial charge in [-0.05, 0) is 24.5 Å². The minimum absolute atomic E-state index is 0.775. The lowest BCUT2D eigenvalue weighted by molar-refractivity contribution is 0.392. The number of methoxy groups -OCH3 is 1. The van der Waals surface area contributed by atoms with Crippen LogP contribution in [0, 0.1) is 0 Å². The lowest BCUT2D eigenvalue weighted by atomic mass is 9.99. The molecule has 2 nitrogen and oxygen atoms in total. The zero-order valence-electron chi connectivity index (χ0n) is 7.08. The molecule has 2 rings (SSSR count). The molecule has 62 valence electrons. The van der Waals surface area contributed by atoms with E-state index in [0.29, 0.717) is 0 Å². The van der Waals surface area contributed by atoms with Gasteiger partial charge in [0.2, 0.25) is 5.88 Å².